The first kappa shape index (κ1) is 16.2. The van der Waals surface area contributed by atoms with Gasteiger partial charge in [0.05, 0.1) is 11.0 Å². The minimum absolute atomic E-state index is 0.250. The van der Waals surface area contributed by atoms with Crippen LogP contribution in [0.5, 0.6) is 0 Å². The number of carbonyl (C=O) groups is 1. The van der Waals surface area contributed by atoms with Crippen molar-refractivity contribution in [1.82, 2.24) is 9.55 Å². The molecule has 1 heterocycles. The smallest absolute Gasteiger partial charge is 0.204 e. The molecule has 2 N–H and O–H groups in total. The van der Waals surface area contributed by atoms with Gasteiger partial charge in [-0.3, -0.25) is 4.79 Å². The van der Waals surface area contributed by atoms with E-state index in [1.54, 1.807) is 0 Å². The Morgan fingerprint density at radius 1 is 1.20 bits per heavy atom. The number of carbonyl (C=O) groups excluding carboxylic acids is 1. The molecule has 2 rings (SSSR count). The van der Waals surface area contributed by atoms with Crippen LogP contribution >= 0.6 is 0 Å². The normalized spacial score (nSPS) is 10.7. The maximum atomic E-state index is 8.58. The van der Waals surface area contributed by atoms with E-state index in [1.165, 1.54) is 11.3 Å². The molecule has 1 amide bonds. The number of imidazole rings is 1. The number of benzene rings is 1. The number of rotatable bonds is 4. The third-order valence-electron chi connectivity index (χ3n) is 2.87. The lowest BCUT2D eigenvalue weighted by Crippen LogP contribution is -2.10. The molecule has 0 aliphatic rings. The van der Waals surface area contributed by atoms with Crippen molar-refractivity contribution in [3.63, 3.8) is 0 Å². The van der Waals surface area contributed by atoms with E-state index in [-0.39, 0.29) is 6.41 Å². The largest absolute Gasteiger partial charge is 0.372 e. The van der Waals surface area contributed by atoms with Gasteiger partial charge in [0.15, 0.2) is 0 Å². The lowest BCUT2D eigenvalue weighted by Gasteiger charge is -2.12. The van der Waals surface area contributed by atoms with Crippen LogP contribution in [0.3, 0.4) is 0 Å². The summed E-state index contributed by atoms with van der Waals surface area (Å²) in [6.45, 7) is 10.1. The van der Waals surface area contributed by atoms with Crippen molar-refractivity contribution in [3.05, 3.63) is 30.1 Å². The monoisotopic (exact) mass is 275 g/mol. The molecule has 0 spiro atoms. The quantitative estimate of drug-likeness (QED) is 0.872. The second-order valence-corrected chi connectivity index (χ2v) is 5.76. The van der Waals surface area contributed by atoms with Crippen LogP contribution in [0.2, 0.25) is 0 Å². The van der Waals surface area contributed by atoms with E-state index >= 15 is 0 Å². The van der Waals surface area contributed by atoms with E-state index in [0.29, 0.717) is 11.8 Å². The Morgan fingerprint density at radius 2 is 1.80 bits per heavy atom. The summed E-state index contributed by atoms with van der Waals surface area (Å²) < 4.78 is 2.39. The van der Waals surface area contributed by atoms with Crippen LogP contribution in [0.1, 0.15) is 33.5 Å². The third-order valence-corrected chi connectivity index (χ3v) is 2.87. The van der Waals surface area contributed by atoms with Gasteiger partial charge in [-0.05, 0) is 24.0 Å². The van der Waals surface area contributed by atoms with Crippen molar-refractivity contribution in [1.29, 1.82) is 0 Å². The number of amides is 1. The number of aromatic nitrogens is 2. The van der Waals surface area contributed by atoms with Crippen LogP contribution in [0.25, 0.3) is 11.0 Å². The first-order chi connectivity index (χ1) is 9.49. The minimum Gasteiger partial charge on any atom is -0.372 e. The molecule has 0 aliphatic heterocycles. The maximum absolute atomic E-state index is 8.58. The molecule has 110 valence electrons. The van der Waals surface area contributed by atoms with Crippen molar-refractivity contribution < 1.29 is 4.79 Å². The molecule has 1 aromatic carbocycles. The van der Waals surface area contributed by atoms with Crippen molar-refractivity contribution in [2.24, 2.45) is 17.6 Å². The van der Waals surface area contributed by atoms with Crippen LogP contribution in [0, 0.1) is 11.8 Å². The van der Waals surface area contributed by atoms with Gasteiger partial charge in [-0.2, -0.15) is 0 Å². The average Bonchev–Trinajstić information content (AvgIpc) is 2.67. The number of nitrogens with zero attached hydrogens (tertiary/aromatic N) is 2. The van der Waals surface area contributed by atoms with Gasteiger partial charge in [0, 0.05) is 13.0 Å². The van der Waals surface area contributed by atoms with E-state index in [1.807, 2.05) is 0 Å². The van der Waals surface area contributed by atoms with E-state index in [0.717, 1.165) is 18.5 Å². The molecule has 0 unspecified atom stereocenters. The topological polar surface area (TPSA) is 60.9 Å². The van der Waals surface area contributed by atoms with E-state index in [4.69, 9.17) is 9.78 Å². The Kier molecular flexibility index (Phi) is 6.22. The first-order valence-corrected chi connectivity index (χ1v) is 7.09. The van der Waals surface area contributed by atoms with Gasteiger partial charge >= 0.3 is 0 Å². The zero-order valence-corrected chi connectivity index (χ0v) is 12.8. The number of primary amides is 1. The fourth-order valence-corrected chi connectivity index (χ4v) is 2.22. The highest BCUT2D eigenvalue weighted by atomic mass is 16.1. The number of nitrogens with two attached hydrogens (primary N) is 1. The second kappa shape index (κ2) is 7.68. The zero-order chi connectivity index (χ0) is 15.1. The first-order valence-electron chi connectivity index (χ1n) is 7.09. The lowest BCUT2D eigenvalue weighted by molar-refractivity contribution is -0.106. The van der Waals surface area contributed by atoms with Crippen molar-refractivity contribution in [2.75, 3.05) is 0 Å². The Hall–Kier alpha value is -1.84. The summed E-state index contributed by atoms with van der Waals surface area (Å²) in [4.78, 5) is 13.4. The highest BCUT2D eigenvalue weighted by molar-refractivity contribution is 5.75. The van der Waals surface area contributed by atoms with Crippen molar-refractivity contribution in [3.8, 4) is 0 Å². The molecular formula is C16H25N3O. The molecule has 4 nitrogen and oxygen atoms in total. The summed E-state index contributed by atoms with van der Waals surface area (Å²) >= 11 is 0. The summed E-state index contributed by atoms with van der Waals surface area (Å²) in [5, 5.41) is 0. The van der Waals surface area contributed by atoms with Crippen LogP contribution in [-0.2, 0) is 17.8 Å². The number of fused-ring (bicyclic) bond motifs is 1. The molecule has 0 bridgehead atoms. The molecule has 0 saturated heterocycles. The molecule has 0 atom stereocenters. The van der Waals surface area contributed by atoms with Crippen LogP contribution < -0.4 is 5.73 Å². The standard InChI is InChI=1S/C15H22N2.CH3NO/c1-11(2)9-15-16-13-7-5-6-8-14(13)17(15)10-12(3)4;2-1-3/h5-8,11-12H,9-10H2,1-4H3;1H,(H2,2,3). The Labute approximate surface area is 121 Å². The second-order valence-electron chi connectivity index (χ2n) is 5.76. The molecule has 0 aliphatic carbocycles. The minimum atomic E-state index is 0.250. The molecule has 2 aromatic rings. The lowest BCUT2D eigenvalue weighted by atomic mass is 10.1. The summed E-state index contributed by atoms with van der Waals surface area (Å²) in [7, 11) is 0. The molecule has 0 radical (unpaired) electrons. The third kappa shape index (κ3) is 4.37. The maximum Gasteiger partial charge on any atom is 0.204 e. The Bertz CT molecular complexity index is 544. The molecule has 0 fully saturated rings. The Morgan fingerprint density at radius 3 is 2.35 bits per heavy atom. The summed E-state index contributed by atoms with van der Waals surface area (Å²) in [6.07, 6.45) is 1.31. The van der Waals surface area contributed by atoms with E-state index in [2.05, 4.69) is 62.3 Å². The molecule has 0 saturated carbocycles. The predicted octanol–water partition coefficient (Wildman–Crippen LogP) is 2.99. The Balaban J connectivity index is 0.000000612. The highest BCUT2D eigenvalue weighted by Gasteiger charge is 2.12. The summed E-state index contributed by atoms with van der Waals surface area (Å²) in [5.74, 6) is 2.53. The average molecular weight is 275 g/mol. The van der Waals surface area contributed by atoms with Gasteiger partial charge in [0.1, 0.15) is 5.82 Å². The van der Waals surface area contributed by atoms with Gasteiger partial charge in [0.2, 0.25) is 6.41 Å². The molecular weight excluding hydrogens is 250 g/mol. The van der Waals surface area contributed by atoms with Gasteiger partial charge in [-0.1, -0.05) is 39.8 Å². The molecule has 1 aromatic heterocycles. The van der Waals surface area contributed by atoms with Crippen LogP contribution in [0.4, 0.5) is 0 Å². The fraction of sp³-hybridized carbons (Fsp3) is 0.500. The SMILES string of the molecule is CC(C)Cc1nc2ccccc2n1CC(C)C.NC=O. The van der Waals surface area contributed by atoms with E-state index in [9.17, 15) is 0 Å². The van der Waals surface area contributed by atoms with Crippen molar-refractivity contribution in [2.45, 2.75) is 40.7 Å². The summed E-state index contributed by atoms with van der Waals surface area (Å²) in [6, 6.07) is 8.44. The number of para-hydroxylation sites is 2. The molecule has 4 heteroatoms. The zero-order valence-electron chi connectivity index (χ0n) is 12.8. The predicted molar refractivity (Wildman–Crippen MR) is 83.4 cm³/mol. The number of hydrogen-bond donors (Lipinski definition) is 1. The number of hydrogen-bond acceptors (Lipinski definition) is 2. The molecule has 20 heavy (non-hydrogen) atoms. The summed E-state index contributed by atoms with van der Waals surface area (Å²) in [5.41, 5.74) is 6.57. The van der Waals surface area contributed by atoms with Gasteiger partial charge in [-0.15, -0.1) is 0 Å². The van der Waals surface area contributed by atoms with E-state index < -0.39 is 0 Å². The van der Waals surface area contributed by atoms with Crippen LogP contribution in [0.15, 0.2) is 24.3 Å². The van der Waals surface area contributed by atoms with Gasteiger partial charge in [0.25, 0.3) is 0 Å². The van der Waals surface area contributed by atoms with Crippen LogP contribution in [-0.4, -0.2) is 16.0 Å². The van der Waals surface area contributed by atoms with Gasteiger partial charge in [-0.25, -0.2) is 4.98 Å². The van der Waals surface area contributed by atoms with Gasteiger partial charge < -0.3 is 10.3 Å². The van der Waals surface area contributed by atoms with Crippen molar-refractivity contribution >= 4 is 17.4 Å². The fourth-order valence-electron chi connectivity index (χ4n) is 2.22. The highest BCUT2D eigenvalue weighted by Crippen LogP contribution is 2.19.